The maximum atomic E-state index is 12.4. The SMILES string of the molecule is Cc1ccc(C2c3c(n[nH]c3C)Oc3[nH]c(=O)[nH]c(=O)c32)cc1. The zero-order valence-electron chi connectivity index (χ0n) is 12.6. The minimum atomic E-state index is -0.605. The second-order valence-electron chi connectivity index (χ2n) is 5.66. The second kappa shape index (κ2) is 4.70. The average Bonchev–Trinajstić information content (AvgIpc) is 2.87. The largest absolute Gasteiger partial charge is 0.420 e. The first kappa shape index (κ1) is 13.6. The summed E-state index contributed by atoms with van der Waals surface area (Å²) in [5.41, 5.74) is 3.00. The van der Waals surface area contributed by atoms with E-state index in [1.54, 1.807) is 0 Å². The van der Waals surface area contributed by atoms with Crippen molar-refractivity contribution in [1.82, 2.24) is 20.2 Å². The summed E-state index contributed by atoms with van der Waals surface area (Å²) in [5, 5.41) is 7.01. The number of fused-ring (bicyclic) bond motifs is 2. The summed E-state index contributed by atoms with van der Waals surface area (Å²) in [4.78, 5) is 28.8. The fourth-order valence-corrected chi connectivity index (χ4v) is 2.98. The first-order valence-corrected chi connectivity index (χ1v) is 7.20. The number of nitrogens with one attached hydrogen (secondary N) is 3. The highest BCUT2D eigenvalue weighted by molar-refractivity contribution is 5.55. The first-order chi connectivity index (χ1) is 11.0. The van der Waals surface area contributed by atoms with Gasteiger partial charge in [0, 0.05) is 11.3 Å². The molecule has 2 aromatic heterocycles. The Kier molecular flexibility index (Phi) is 2.77. The minimum absolute atomic E-state index is 0.142. The minimum Gasteiger partial charge on any atom is -0.420 e. The van der Waals surface area contributed by atoms with Crippen LogP contribution in [0.25, 0.3) is 0 Å². The van der Waals surface area contributed by atoms with Gasteiger partial charge in [-0.15, -0.1) is 5.10 Å². The molecule has 0 bridgehead atoms. The third kappa shape index (κ3) is 2.01. The molecule has 7 nitrogen and oxygen atoms in total. The Hall–Kier alpha value is -3.09. The van der Waals surface area contributed by atoms with Crippen molar-refractivity contribution in [3.63, 3.8) is 0 Å². The Balaban J connectivity index is 2.04. The van der Waals surface area contributed by atoms with Crippen molar-refractivity contribution in [2.75, 3.05) is 0 Å². The van der Waals surface area contributed by atoms with E-state index >= 15 is 0 Å². The predicted molar refractivity (Wildman–Crippen MR) is 83.2 cm³/mol. The van der Waals surface area contributed by atoms with Crippen LogP contribution in [0, 0.1) is 13.8 Å². The number of aromatic nitrogens is 4. The molecule has 0 amide bonds. The van der Waals surface area contributed by atoms with Crippen LogP contribution >= 0.6 is 0 Å². The summed E-state index contributed by atoms with van der Waals surface area (Å²) in [5.74, 6) is 0.166. The molecule has 7 heteroatoms. The van der Waals surface area contributed by atoms with E-state index in [9.17, 15) is 9.59 Å². The van der Waals surface area contributed by atoms with Crippen LogP contribution in [0.4, 0.5) is 0 Å². The standard InChI is InChI=1S/C16H14N4O3/c1-7-3-5-9(6-4-7)11-10-8(2)19-20-15(10)23-14-12(11)13(21)17-16(22)18-14/h3-6,11H,1-2H3,(H,19,20)(H2,17,18,21,22). The van der Waals surface area contributed by atoms with Crippen molar-refractivity contribution in [3.05, 3.63) is 73.1 Å². The molecule has 1 aliphatic rings. The van der Waals surface area contributed by atoms with E-state index in [2.05, 4.69) is 20.2 Å². The molecule has 0 radical (unpaired) electrons. The van der Waals surface area contributed by atoms with Crippen LogP contribution in [-0.2, 0) is 0 Å². The number of ether oxygens (including phenoxy) is 1. The highest BCUT2D eigenvalue weighted by Crippen LogP contribution is 2.44. The molecule has 23 heavy (non-hydrogen) atoms. The lowest BCUT2D eigenvalue weighted by Gasteiger charge is -2.24. The molecule has 0 aliphatic carbocycles. The normalized spacial score (nSPS) is 15.7. The maximum absolute atomic E-state index is 12.4. The third-order valence-corrected chi connectivity index (χ3v) is 4.09. The van der Waals surface area contributed by atoms with E-state index in [0.717, 1.165) is 22.4 Å². The van der Waals surface area contributed by atoms with Gasteiger partial charge in [-0.3, -0.25) is 19.9 Å². The Morgan fingerprint density at radius 1 is 1.04 bits per heavy atom. The van der Waals surface area contributed by atoms with Crippen LogP contribution in [0.5, 0.6) is 11.8 Å². The summed E-state index contributed by atoms with van der Waals surface area (Å²) >= 11 is 0. The van der Waals surface area contributed by atoms with Crippen molar-refractivity contribution in [2.45, 2.75) is 19.8 Å². The summed E-state index contributed by atoms with van der Waals surface area (Å²) in [7, 11) is 0. The highest BCUT2D eigenvalue weighted by atomic mass is 16.5. The Morgan fingerprint density at radius 3 is 2.52 bits per heavy atom. The van der Waals surface area contributed by atoms with Gasteiger partial charge >= 0.3 is 5.69 Å². The number of hydrogen-bond donors (Lipinski definition) is 3. The molecular weight excluding hydrogens is 296 g/mol. The fourth-order valence-electron chi connectivity index (χ4n) is 2.98. The molecule has 1 atom stereocenters. The maximum Gasteiger partial charge on any atom is 0.328 e. The monoisotopic (exact) mass is 310 g/mol. The quantitative estimate of drug-likeness (QED) is 0.497. The Morgan fingerprint density at radius 2 is 1.78 bits per heavy atom. The fraction of sp³-hybridized carbons (Fsp3) is 0.188. The van der Waals surface area contributed by atoms with Gasteiger partial charge in [0.15, 0.2) is 0 Å². The van der Waals surface area contributed by atoms with Gasteiger partial charge in [0.05, 0.1) is 11.5 Å². The van der Waals surface area contributed by atoms with Crippen molar-refractivity contribution in [1.29, 1.82) is 0 Å². The molecule has 0 saturated carbocycles. The van der Waals surface area contributed by atoms with Crippen molar-refractivity contribution in [2.24, 2.45) is 0 Å². The van der Waals surface area contributed by atoms with Gasteiger partial charge in [-0.1, -0.05) is 29.8 Å². The van der Waals surface area contributed by atoms with E-state index < -0.39 is 11.2 Å². The van der Waals surface area contributed by atoms with Crippen molar-refractivity contribution in [3.8, 4) is 11.8 Å². The van der Waals surface area contributed by atoms with E-state index in [0.29, 0.717) is 11.4 Å². The summed E-state index contributed by atoms with van der Waals surface area (Å²) in [6.07, 6.45) is 0. The molecule has 0 fully saturated rings. The van der Waals surface area contributed by atoms with Crippen LogP contribution in [0.2, 0.25) is 0 Å². The highest BCUT2D eigenvalue weighted by Gasteiger charge is 2.35. The van der Waals surface area contributed by atoms with E-state index in [1.165, 1.54) is 0 Å². The Labute approximate surface area is 130 Å². The lowest BCUT2D eigenvalue weighted by atomic mass is 9.84. The number of nitrogens with zero attached hydrogens (tertiary/aromatic N) is 1. The van der Waals surface area contributed by atoms with Gasteiger partial charge in [-0.05, 0) is 19.4 Å². The molecule has 0 spiro atoms. The summed E-state index contributed by atoms with van der Waals surface area (Å²) in [6, 6.07) is 7.91. The van der Waals surface area contributed by atoms with Gasteiger partial charge in [-0.2, -0.15) is 0 Å². The second-order valence-corrected chi connectivity index (χ2v) is 5.66. The molecule has 116 valence electrons. The summed E-state index contributed by atoms with van der Waals surface area (Å²) in [6.45, 7) is 3.88. The van der Waals surface area contributed by atoms with Crippen LogP contribution in [-0.4, -0.2) is 20.2 Å². The molecule has 3 heterocycles. The topological polar surface area (TPSA) is 104 Å². The van der Waals surface area contributed by atoms with Crippen molar-refractivity contribution >= 4 is 0 Å². The van der Waals surface area contributed by atoms with Gasteiger partial charge in [0.1, 0.15) is 0 Å². The molecule has 1 unspecified atom stereocenters. The van der Waals surface area contributed by atoms with Gasteiger partial charge < -0.3 is 4.74 Å². The number of rotatable bonds is 1. The van der Waals surface area contributed by atoms with E-state index in [1.807, 2.05) is 38.1 Å². The van der Waals surface area contributed by atoms with Gasteiger partial charge in [-0.25, -0.2) is 4.79 Å². The van der Waals surface area contributed by atoms with Crippen molar-refractivity contribution < 1.29 is 4.74 Å². The molecule has 3 aromatic rings. The molecule has 4 rings (SSSR count). The van der Waals surface area contributed by atoms with Crippen LogP contribution in [0.3, 0.4) is 0 Å². The number of H-pyrrole nitrogens is 3. The number of hydrogen-bond acceptors (Lipinski definition) is 4. The number of aryl methyl sites for hydroxylation is 2. The predicted octanol–water partition coefficient (Wildman–Crippen LogP) is 1.69. The smallest absolute Gasteiger partial charge is 0.328 e. The zero-order chi connectivity index (χ0) is 16.1. The third-order valence-electron chi connectivity index (χ3n) is 4.09. The average molecular weight is 310 g/mol. The first-order valence-electron chi connectivity index (χ1n) is 7.20. The summed E-state index contributed by atoms with van der Waals surface area (Å²) < 4.78 is 5.62. The number of aromatic amines is 3. The molecule has 1 aromatic carbocycles. The molecule has 0 saturated heterocycles. The van der Waals surface area contributed by atoms with Gasteiger partial charge in [0.25, 0.3) is 5.56 Å². The molecule has 3 N–H and O–H groups in total. The van der Waals surface area contributed by atoms with Gasteiger partial charge in [0.2, 0.25) is 11.8 Å². The van der Waals surface area contributed by atoms with E-state index in [-0.39, 0.29) is 11.8 Å². The zero-order valence-corrected chi connectivity index (χ0v) is 12.6. The molecule has 1 aliphatic heterocycles. The lowest BCUT2D eigenvalue weighted by molar-refractivity contribution is 0.412. The number of benzene rings is 1. The molecular formula is C16H14N4O3. The van der Waals surface area contributed by atoms with E-state index in [4.69, 9.17) is 4.74 Å². The lowest BCUT2D eigenvalue weighted by Crippen LogP contribution is -2.30. The van der Waals surface area contributed by atoms with Crippen LogP contribution in [0.15, 0.2) is 33.9 Å². The Bertz CT molecular complexity index is 1010. The van der Waals surface area contributed by atoms with Crippen LogP contribution in [0.1, 0.15) is 33.9 Å². The van der Waals surface area contributed by atoms with Crippen LogP contribution < -0.4 is 16.0 Å².